The van der Waals surface area contributed by atoms with Crippen LogP contribution in [0.2, 0.25) is 0 Å². The van der Waals surface area contributed by atoms with Crippen molar-refractivity contribution in [3.8, 4) is 11.1 Å². The van der Waals surface area contributed by atoms with Crippen LogP contribution in [0, 0.1) is 0 Å². The Morgan fingerprint density at radius 3 is 2.69 bits per heavy atom. The van der Waals surface area contributed by atoms with Crippen molar-refractivity contribution in [3.05, 3.63) is 59.9 Å². The molecule has 150 valence electrons. The van der Waals surface area contributed by atoms with Crippen molar-refractivity contribution < 1.29 is 9.00 Å². The molecule has 8 heteroatoms. The first-order valence-electron chi connectivity index (χ1n) is 9.58. The predicted octanol–water partition coefficient (Wildman–Crippen LogP) is 4.58. The fourth-order valence-electron chi connectivity index (χ4n) is 2.98. The fraction of sp³-hybridized carbons (Fsp3) is 0.286. The number of hydrogen-bond acceptors (Lipinski definition) is 5. The Kier molecular flexibility index (Phi) is 6.01. The van der Waals surface area contributed by atoms with Gasteiger partial charge in [0.1, 0.15) is 11.0 Å². The third-order valence-corrected chi connectivity index (χ3v) is 7.14. The molecule has 1 fully saturated rings. The summed E-state index contributed by atoms with van der Waals surface area (Å²) < 4.78 is 15.0. The highest BCUT2D eigenvalue weighted by Gasteiger charge is 2.29. The number of pyridine rings is 1. The van der Waals surface area contributed by atoms with E-state index >= 15 is 0 Å². The van der Waals surface area contributed by atoms with Gasteiger partial charge >= 0.3 is 0 Å². The molecule has 1 aliphatic carbocycles. The van der Waals surface area contributed by atoms with Gasteiger partial charge in [-0.05, 0) is 48.6 Å². The molecule has 1 aliphatic rings. The molecule has 29 heavy (non-hydrogen) atoms. The Balaban J connectivity index is 1.41. The van der Waals surface area contributed by atoms with Crippen LogP contribution >= 0.6 is 11.3 Å². The lowest BCUT2D eigenvalue weighted by atomic mass is 10.0. The van der Waals surface area contributed by atoms with E-state index in [1.807, 2.05) is 54.9 Å². The molecular weight excluding hydrogens is 404 g/mol. The minimum atomic E-state index is -1.08. The van der Waals surface area contributed by atoms with Gasteiger partial charge in [0, 0.05) is 23.5 Å². The van der Waals surface area contributed by atoms with Gasteiger partial charge in [0.25, 0.3) is 0 Å². The van der Waals surface area contributed by atoms with Gasteiger partial charge in [-0.3, -0.25) is 14.5 Å². The highest BCUT2D eigenvalue weighted by molar-refractivity contribution is 7.87. The highest BCUT2D eigenvalue weighted by atomic mass is 32.2. The maximum absolute atomic E-state index is 12.8. The van der Waals surface area contributed by atoms with Crippen LogP contribution in [0.1, 0.15) is 37.8 Å². The van der Waals surface area contributed by atoms with Gasteiger partial charge in [-0.25, -0.2) is 9.19 Å². The van der Waals surface area contributed by atoms with Crippen molar-refractivity contribution in [3.63, 3.8) is 0 Å². The molecule has 1 amide bonds. The topological polar surface area (TPSA) is 84.0 Å². The first kappa shape index (κ1) is 19.7. The third kappa shape index (κ3) is 4.89. The Labute approximate surface area is 176 Å². The third-order valence-electron chi connectivity index (χ3n) is 4.77. The van der Waals surface area contributed by atoms with Crippen LogP contribution in [0.25, 0.3) is 11.1 Å². The maximum atomic E-state index is 12.8. The van der Waals surface area contributed by atoms with Crippen LogP contribution in [0.5, 0.6) is 0 Å². The van der Waals surface area contributed by atoms with E-state index in [0.717, 1.165) is 29.7 Å². The van der Waals surface area contributed by atoms with Gasteiger partial charge in [0.2, 0.25) is 5.91 Å². The largest absolute Gasteiger partial charge is 0.326 e. The lowest BCUT2D eigenvalue weighted by Gasteiger charge is -2.13. The smallest absolute Gasteiger partial charge is 0.233 e. The van der Waals surface area contributed by atoms with Gasteiger partial charge in [-0.15, -0.1) is 11.3 Å². The van der Waals surface area contributed by atoms with Gasteiger partial charge < -0.3 is 5.32 Å². The second kappa shape index (κ2) is 8.84. The minimum Gasteiger partial charge on any atom is -0.326 e. The fourth-order valence-corrected chi connectivity index (χ4v) is 4.98. The molecular formula is C21H22N4O2S2. The molecule has 6 nitrogen and oxygen atoms in total. The van der Waals surface area contributed by atoms with Crippen LogP contribution in [0.3, 0.4) is 0 Å². The predicted molar refractivity (Wildman–Crippen MR) is 118 cm³/mol. The molecule has 2 N–H and O–H groups in total. The average molecular weight is 427 g/mol. The summed E-state index contributed by atoms with van der Waals surface area (Å²) in [5.41, 5.74) is 3.52. The summed E-state index contributed by atoms with van der Waals surface area (Å²) in [6, 6.07) is 11.6. The summed E-state index contributed by atoms with van der Waals surface area (Å²) in [6.45, 7) is 1.96. The lowest BCUT2D eigenvalue weighted by molar-refractivity contribution is -0.117. The summed E-state index contributed by atoms with van der Waals surface area (Å²) in [5, 5.41) is 5.69. The van der Waals surface area contributed by atoms with Crippen molar-refractivity contribution in [1.82, 2.24) is 9.97 Å². The standard InChI is InChI=1S/C21H22N4O2S2/c1-2-18(19-13-28-21(24-19)25-29(27)17-9-10-17)20(26)23-16-7-5-14(6-8-16)15-4-3-11-22-12-15/h3-8,11-13,17-18H,2,9-10H2,1H3,(H,23,26)(H,24,25). The lowest BCUT2D eigenvalue weighted by Crippen LogP contribution is -2.21. The number of benzene rings is 1. The van der Waals surface area contributed by atoms with Gasteiger partial charge in [0.15, 0.2) is 5.13 Å². The Hall–Kier alpha value is -2.58. The molecule has 2 heterocycles. The van der Waals surface area contributed by atoms with E-state index < -0.39 is 11.0 Å². The molecule has 0 aliphatic heterocycles. The molecule has 1 aromatic carbocycles. The molecule has 4 rings (SSSR count). The Bertz CT molecular complexity index is 1000. The SMILES string of the molecule is CCC(C(=O)Nc1ccc(-c2cccnc2)cc1)c1csc(NS(=O)C2CC2)n1. The molecule has 2 aromatic heterocycles. The molecule has 2 atom stereocenters. The van der Waals surface area contributed by atoms with Crippen LogP contribution in [-0.2, 0) is 15.8 Å². The van der Waals surface area contributed by atoms with Crippen LogP contribution < -0.4 is 10.0 Å². The number of rotatable bonds is 8. The van der Waals surface area contributed by atoms with E-state index in [1.54, 1.807) is 6.20 Å². The van der Waals surface area contributed by atoms with Crippen LogP contribution in [0.15, 0.2) is 54.2 Å². The van der Waals surface area contributed by atoms with Crippen molar-refractivity contribution in [2.75, 3.05) is 10.0 Å². The molecule has 0 saturated heterocycles. The van der Waals surface area contributed by atoms with Crippen LogP contribution in [0.4, 0.5) is 10.8 Å². The summed E-state index contributed by atoms with van der Waals surface area (Å²) in [7, 11) is -1.08. The minimum absolute atomic E-state index is 0.0956. The van der Waals surface area contributed by atoms with E-state index in [4.69, 9.17) is 0 Å². The number of anilines is 2. The molecule has 3 aromatic rings. The number of thiazole rings is 1. The maximum Gasteiger partial charge on any atom is 0.233 e. The number of nitrogens with one attached hydrogen (secondary N) is 2. The summed E-state index contributed by atoms with van der Waals surface area (Å²) in [4.78, 5) is 21.4. The highest BCUT2D eigenvalue weighted by Crippen LogP contribution is 2.30. The van der Waals surface area contributed by atoms with E-state index in [2.05, 4.69) is 20.0 Å². The monoisotopic (exact) mass is 426 g/mol. The number of aromatic nitrogens is 2. The first-order chi connectivity index (χ1) is 14.1. The summed E-state index contributed by atoms with van der Waals surface area (Å²) in [6.07, 6.45) is 6.18. The number of carbonyl (C=O) groups excluding carboxylic acids is 1. The Morgan fingerprint density at radius 1 is 1.24 bits per heavy atom. The Morgan fingerprint density at radius 2 is 2.03 bits per heavy atom. The zero-order chi connectivity index (χ0) is 20.2. The van der Waals surface area contributed by atoms with E-state index in [1.165, 1.54) is 11.3 Å². The number of hydrogen-bond donors (Lipinski definition) is 2. The van der Waals surface area contributed by atoms with Crippen molar-refractivity contribution >= 4 is 39.0 Å². The van der Waals surface area contributed by atoms with Crippen LogP contribution in [-0.4, -0.2) is 25.3 Å². The molecule has 2 unspecified atom stereocenters. The normalized spacial score (nSPS) is 15.5. The molecule has 1 saturated carbocycles. The zero-order valence-corrected chi connectivity index (χ0v) is 17.6. The summed E-state index contributed by atoms with van der Waals surface area (Å²) in [5.74, 6) is -0.448. The van der Waals surface area contributed by atoms with Crippen molar-refractivity contribution in [1.29, 1.82) is 0 Å². The second-order valence-electron chi connectivity index (χ2n) is 6.95. The number of nitrogens with zero attached hydrogens (tertiary/aromatic N) is 2. The van der Waals surface area contributed by atoms with Gasteiger partial charge in [0.05, 0.1) is 16.9 Å². The average Bonchev–Trinajstić information content (AvgIpc) is 3.51. The number of amides is 1. The molecule has 0 spiro atoms. The van der Waals surface area contributed by atoms with E-state index in [-0.39, 0.29) is 17.1 Å². The van der Waals surface area contributed by atoms with Crippen molar-refractivity contribution in [2.45, 2.75) is 37.4 Å². The first-order valence-corrected chi connectivity index (χ1v) is 11.7. The second-order valence-corrected chi connectivity index (χ2v) is 9.27. The van der Waals surface area contributed by atoms with Crippen molar-refractivity contribution in [2.24, 2.45) is 0 Å². The summed E-state index contributed by atoms with van der Waals surface area (Å²) >= 11 is 1.39. The van der Waals surface area contributed by atoms with E-state index in [9.17, 15) is 9.00 Å². The molecule has 0 bridgehead atoms. The zero-order valence-electron chi connectivity index (χ0n) is 16.0. The van der Waals surface area contributed by atoms with Gasteiger partial charge in [-0.1, -0.05) is 25.1 Å². The quantitative estimate of drug-likeness (QED) is 0.552. The molecule has 0 radical (unpaired) electrons. The number of carbonyl (C=O) groups is 1. The van der Waals surface area contributed by atoms with E-state index in [0.29, 0.717) is 17.2 Å². The van der Waals surface area contributed by atoms with Gasteiger partial charge in [-0.2, -0.15) is 0 Å².